The van der Waals surface area contributed by atoms with Gasteiger partial charge in [0, 0.05) is 29.3 Å². The summed E-state index contributed by atoms with van der Waals surface area (Å²) >= 11 is 6.26. The second kappa shape index (κ2) is 10.8. The number of hydrazine groups is 1. The minimum Gasteiger partial charge on any atom is -0.478 e. The zero-order valence-electron chi connectivity index (χ0n) is 20.5. The van der Waals surface area contributed by atoms with Crippen LogP contribution in [0.15, 0.2) is 95.0 Å². The number of hydrogen-bond donors (Lipinski definition) is 4. The number of hydrazone groups is 1. The Morgan fingerprint density at radius 2 is 1.92 bits per heavy atom. The van der Waals surface area contributed by atoms with Gasteiger partial charge in [-0.15, -0.1) is 0 Å². The second-order valence-corrected chi connectivity index (χ2v) is 9.30. The van der Waals surface area contributed by atoms with Gasteiger partial charge in [0.05, 0.1) is 28.3 Å². The van der Waals surface area contributed by atoms with Gasteiger partial charge >= 0.3 is 5.97 Å². The molecule has 196 valence electrons. The molecule has 3 aromatic carbocycles. The van der Waals surface area contributed by atoms with Crippen LogP contribution in [0.5, 0.6) is 0 Å². The lowest BCUT2D eigenvalue weighted by atomic mass is 10.0. The predicted molar refractivity (Wildman–Crippen MR) is 152 cm³/mol. The lowest BCUT2D eigenvalue weighted by molar-refractivity contribution is 0.0697. The fraction of sp³-hybridized carbons (Fsp3) is 0.0714. The summed E-state index contributed by atoms with van der Waals surface area (Å²) in [5.41, 5.74) is 3.81. The first kappa shape index (κ1) is 25.7. The number of benzene rings is 3. The maximum Gasteiger partial charge on any atom is 0.335 e. The molecule has 0 spiro atoms. The summed E-state index contributed by atoms with van der Waals surface area (Å²) in [4.78, 5) is 33.0. The zero-order chi connectivity index (χ0) is 27.5. The summed E-state index contributed by atoms with van der Waals surface area (Å²) < 4.78 is 1.60. The van der Waals surface area contributed by atoms with Crippen LogP contribution in [0.1, 0.15) is 27.8 Å². The molecule has 0 fully saturated rings. The number of aromatic amines is 1. The number of fused-ring (bicyclic) bond motifs is 1. The molecule has 0 saturated carbocycles. The first-order valence-corrected chi connectivity index (χ1v) is 12.3. The summed E-state index contributed by atoms with van der Waals surface area (Å²) in [5.74, 6) is 10.8. The summed E-state index contributed by atoms with van der Waals surface area (Å²) in [6.45, 7) is 0. The van der Waals surface area contributed by atoms with E-state index in [-0.39, 0.29) is 11.1 Å². The number of nitrogens with one attached hydrogen (secondary N) is 1. The normalized spacial score (nSPS) is 12.2. The van der Waals surface area contributed by atoms with Crippen LogP contribution >= 0.6 is 11.6 Å². The number of nitrogens with two attached hydrogens (primary N) is 2. The molecule has 0 bridgehead atoms. The minimum atomic E-state index is -1.04. The lowest BCUT2D eigenvalue weighted by Crippen LogP contribution is -2.30. The number of rotatable bonds is 8. The topological polar surface area (TPSA) is 156 Å². The fourth-order valence-electron chi connectivity index (χ4n) is 4.49. The van der Waals surface area contributed by atoms with Gasteiger partial charge in [-0.1, -0.05) is 41.9 Å². The Balaban J connectivity index is 1.61. The van der Waals surface area contributed by atoms with Gasteiger partial charge in [0.15, 0.2) is 0 Å². The average molecular weight is 542 g/mol. The van der Waals surface area contributed by atoms with Crippen molar-refractivity contribution in [1.29, 1.82) is 0 Å². The van der Waals surface area contributed by atoms with Crippen LogP contribution in [0, 0.1) is 0 Å². The van der Waals surface area contributed by atoms with Crippen LogP contribution < -0.4 is 22.3 Å². The van der Waals surface area contributed by atoms with Crippen molar-refractivity contribution in [3.05, 3.63) is 117 Å². The van der Waals surface area contributed by atoms with E-state index in [9.17, 15) is 14.7 Å². The molecule has 0 radical (unpaired) electrons. The van der Waals surface area contributed by atoms with Crippen molar-refractivity contribution >= 4 is 40.6 Å². The SMILES string of the molecule is N/N=C\N(N)c1ccc(Cl)cc1-c1ccn([C@@H](Cc2ccccc2)c2nc3cc(C(=O)O)ccc3[nH]2)c(=O)c1. The Labute approximate surface area is 227 Å². The molecule has 0 aliphatic heterocycles. The lowest BCUT2D eigenvalue weighted by Gasteiger charge is -2.20. The number of carboxylic acid groups (broad SMARTS) is 1. The summed E-state index contributed by atoms with van der Waals surface area (Å²) in [5, 5.41) is 14.6. The van der Waals surface area contributed by atoms with Crippen LogP contribution in [-0.2, 0) is 6.42 Å². The van der Waals surface area contributed by atoms with Crippen LogP contribution in [0.3, 0.4) is 0 Å². The number of halogens is 1. The third-order valence-electron chi connectivity index (χ3n) is 6.36. The van der Waals surface area contributed by atoms with E-state index in [1.165, 1.54) is 29.5 Å². The van der Waals surface area contributed by atoms with Gasteiger partial charge in [0.2, 0.25) is 0 Å². The number of H-pyrrole nitrogens is 1. The molecule has 5 aromatic rings. The van der Waals surface area contributed by atoms with Gasteiger partial charge < -0.3 is 20.5 Å². The van der Waals surface area contributed by atoms with E-state index in [2.05, 4.69) is 15.1 Å². The van der Waals surface area contributed by atoms with Gasteiger partial charge in [0.25, 0.3) is 5.56 Å². The van der Waals surface area contributed by atoms with Crippen LogP contribution in [0.2, 0.25) is 5.02 Å². The van der Waals surface area contributed by atoms with E-state index in [1.54, 1.807) is 41.1 Å². The molecule has 0 amide bonds. The molecule has 0 aliphatic rings. The Kier molecular flexibility index (Phi) is 7.13. The van der Waals surface area contributed by atoms with Crippen molar-refractivity contribution in [1.82, 2.24) is 14.5 Å². The largest absolute Gasteiger partial charge is 0.478 e. The maximum absolute atomic E-state index is 13.6. The van der Waals surface area contributed by atoms with Crippen molar-refractivity contribution in [3.8, 4) is 11.1 Å². The maximum atomic E-state index is 13.6. The number of nitrogens with zero attached hydrogens (tertiary/aromatic N) is 4. The molecule has 11 heteroatoms. The van der Waals surface area contributed by atoms with E-state index in [1.807, 2.05) is 30.3 Å². The zero-order valence-corrected chi connectivity index (χ0v) is 21.3. The molecule has 10 nitrogen and oxygen atoms in total. The smallest absolute Gasteiger partial charge is 0.335 e. The van der Waals surface area contributed by atoms with Crippen molar-refractivity contribution in [2.24, 2.45) is 16.8 Å². The number of carboxylic acids is 1. The van der Waals surface area contributed by atoms with Gasteiger partial charge in [0.1, 0.15) is 12.2 Å². The number of pyridine rings is 1. The molecule has 0 saturated heterocycles. The summed E-state index contributed by atoms with van der Waals surface area (Å²) in [6, 6.07) is 22.3. The van der Waals surface area contributed by atoms with Gasteiger partial charge in [-0.2, -0.15) is 5.10 Å². The van der Waals surface area contributed by atoms with Crippen molar-refractivity contribution in [3.63, 3.8) is 0 Å². The highest BCUT2D eigenvalue weighted by Gasteiger charge is 2.21. The fourth-order valence-corrected chi connectivity index (χ4v) is 4.67. The standard InChI is InChI=1S/C28H24ClN7O3/c29-20-7-9-24(36(31)16-32-30)21(15-20)18-10-11-35(26(37)14-18)25(12-17-4-2-1-3-5-17)27-33-22-8-6-19(28(38)39)13-23(22)34-27/h1-11,13-16,25H,12,30-31H2,(H,33,34)(H,38,39)/b32-16-/t25-/m0/s1. The monoisotopic (exact) mass is 541 g/mol. The minimum absolute atomic E-state index is 0.132. The van der Waals surface area contributed by atoms with Crippen molar-refractivity contribution in [2.75, 3.05) is 5.01 Å². The number of aromatic carboxylic acids is 1. The quantitative estimate of drug-likeness (QED) is 0.0994. The number of carbonyl (C=O) groups is 1. The second-order valence-electron chi connectivity index (χ2n) is 8.86. The van der Waals surface area contributed by atoms with E-state index in [0.29, 0.717) is 45.1 Å². The Hall–Kier alpha value is -4.93. The predicted octanol–water partition coefficient (Wildman–Crippen LogP) is 4.16. The van der Waals surface area contributed by atoms with Gasteiger partial charge in [-0.3, -0.25) is 9.80 Å². The van der Waals surface area contributed by atoms with E-state index in [4.69, 9.17) is 23.3 Å². The molecule has 6 N–H and O–H groups in total. The number of anilines is 1. The molecule has 39 heavy (non-hydrogen) atoms. The highest BCUT2D eigenvalue weighted by molar-refractivity contribution is 6.31. The Morgan fingerprint density at radius 1 is 1.13 bits per heavy atom. The number of aromatic nitrogens is 3. The Morgan fingerprint density at radius 3 is 2.64 bits per heavy atom. The third-order valence-corrected chi connectivity index (χ3v) is 6.59. The van der Waals surface area contributed by atoms with Gasteiger partial charge in [-0.05, 0) is 53.6 Å². The highest BCUT2D eigenvalue weighted by atomic mass is 35.5. The van der Waals surface area contributed by atoms with Crippen molar-refractivity contribution in [2.45, 2.75) is 12.5 Å². The van der Waals surface area contributed by atoms with Crippen LogP contribution in [0.4, 0.5) is 5.69 Å². The van der Waals surface area contributed by atoms with Crippen LogP contribution in [0.25, 0.3) is 22.2 Å². The Bertz CT molecular complexity index is 1750. The van der Waals surface area contributed by atoms with Crippen LogP contribution in [-0.4, -0.2) is 31.9 Å². The molecular weight excluding hydrogens is 518 g/mol. The molecule has 5 rings (SSSR count). The summed E-state index contributed by atoms with van der Waals surface area (Å²) in [7, 11) is 0. The third kappa shape index (κ3) is 5.37. The van der Waals surface area contributed by atoms with E-state index < -0.39 is 12.0 Å². The molecule has 2 heterocycles. The molecule has 0 unspecified atom stereocenters. The van der Waals surface area contributed by atoms with Crippen molar-refractivity contribution < 1.29 is 9.90 Å². The number of imidazole rings is 1. The first-order valence-electron chi connectivity index (χ1n) is 11.9. The molecule has 0 aliphatic carbocycles. The van der Waals surface area contributed by atoms with E-state index >= 15 is 0 Å². The molecule has 2 aromatic heterocycles. The van der Waals surface area contributed by atoms with E-state index in [0.717, 1.165) is 5.56 Å². The molecular formula is C28H24ClN7O3. The average Bonchev–Trinajstić information content (AvgIpc) is 3.36. The van der Waals surface area contributed by atoms with Gasteiger partial charge in [-0.25, -0.2) is 15.6 Å². The molecule has 1 atom stereocenters. The number of hydrogen-bond acceptors (Lipinski definition) is 6. The highest BCUT2D eigenvalue weighted by Crippen LogP contribution is 2.32. The summed E-state index contributed by atoms with van der Waals surface area (Å²) in [6.07, 6.45) is 3.42. The first-order chi connectivity index (χ1) is 18.8.